The second-order valence-corrected chi connectivity index (χ2v) is 4.08. The number of nitrogens with zero attached hydrogens (tertiary/aromatic N) is 1. The highest BCUT2D eigenvalue weighted by Gasteiger charge is 2.05. The molecule has 3 nitrogen and oxygen atoms in total. The maximum absolute atomic E-state index is 5.59. The molecule has 96 valence electrons. The van der Waals surface area contributed by atoms with Gasteiger partial charge in [0.2, 0.25) is 0 Å². The van der Waals surface area contributed by atoms with Crippen LogP contribution in [0.1, 0.15) is 0 Å². The Balaban J connectivity index is 0.00000133. The summed E-state index contributed by atoms with van der Waals surface area (Å²) in [6, 6.07) is 20.0. The van der Waals surface area contributed by atoms with Crippen LogP contribution >= 0.6 is 12.4 Å². The zero-order valence-corrected chi connectivity index (χ0v) is 11.0. The molecule has 0 atom stereocenters. The van der Waals surface area contributed by atoms with Crippen molar-refractivity contribution >= 4 is 29.0 Å². The third kappa shape index (κ3) is 2.52. The first-order chi connectivity index (χ1) is 8.88. The van der Waals surface area contributed by atoms with Crippen molar-refractivity contribution in [3.05, 3.63) is 60.7 Å². The summed E-state index contributed by atoms with van der Waals surface area (Å²) in [6.45, 7) is 0. The molecule has 1 heterocycles. The number of pyridine rings is 1. The fourth-order valence-electron chi connectivity index (χ4n) is 2.05. The van der Waals surface area contributed by atoms with E-state index in [1.165, 1.54) is 0 Å². The molecule has 0 radical (unpaired) electrons. The highest BCUT2D eigenvalue weighted by Crippen LogP contribution is 2.27. The van der Waals surface area contributed by atoms with E-state index in [1.54, 1.807) is 0 Å². The summed E-state index contributed by atoms with van der Waals surface area (Å²) in [6.07, 6.45) is 0. The minimum Gasteiger partial charge on any atom is -0.323 e. The van der Waals surface area contributed by atoms with Crippen molar-refractivity contribution in [2.75, 3.05) is 5.43 Å². The van der Waals surface area contributed by atoms with E-state index < -0.39 is 0 Å². The van der Waals surface area contributed by atoms with Crippen LogP contribution in [0, 0.1) is 0 Å². The van der Waals surface area contributed by atoms with Crippen molar-refractivity contribution < 1.29 is 0 Å². The zero-order chi connectivity index (χ0) is 12.4. The molecular formula is C15H14ClN3. The Kier molecular flexibility index (Phi) is 4.00. The number of nitrogens with two attached hydrogens (primary N) is 1. The van der Waals surface area contributed by atoms with Crippen LogP contribution in [0.4, 0.5) is 5.69 Å². The van der Waals surface area contributed by atoms with Crippen molar-refractivity contribution in [2.45, 2.75) is 0 Å². The molecule has 2 aromatic carbocycles. The van der Waals surface area contributed by atoms with Gasteiger partial charge in [-0.1, -0.05) is 48.5 Å². The normalized spacial score (nSPS) is 9.95. The number of nitrogen functional groups attached to an aromatic ring is 1. The van der Waals surface area contributed by atoms with E-state index in [0.29, 0.717) is 0 Å². The molecule has 0 aliphatic rings. The third-order valence-corrected chi connectivity index (χ3v) is 2.94. The van der Waals surface area contributed by atoms with Gasteiger partial charge in [0.15, 0.2) is 0 Å². The summed E-state index contributed by atoms with van der Waals surface area (Å²) >= 11 is 0. The van der Waals surface area contributed by atoms with Gasteiger partial charge in [0.25, 0.3) is 0 Å². The predicted octanol–water partition coefficient (Wildman–Crippen LogP) is 3.61. The highest BCUT2D eigenvalue weighted by molar-refractivity contribution is 5.93. The third-order valence-electron chi connectivity index (χ3n) is 2.94. The van der Waals surface area contributed by atoms with Crippen LogP contribution in [0.15, 0.2) is 60.7 Å². The lowest BCUT2D eigenvalue weighted by molar-refractivity contribution is 1.33. The van der Waals surface area contributed by atoms with Gasteiger partial charge in [-0.05, 0) is 12.1 Å². The fourth-order valence-corrected chi connectivity index (χ4v) is 2.05. The zero-order valence-electron chi connectivity index (χ0n) is 10.2. The van der Waals surface area contributed by atoms with Gasteiger partial charge in [0.1, 0.15) is 0 Å². The first-order valence-corrected chi connectivity index (χ1v) is 5.80. The Morgan fingerprint density at radius 3 is 2.32 bits per heavy atom. The van der Waals surface area contributed by atoms with E-state index >= 15 is 0 Å². The minimum absolute atomic E-state index is 0. The quantitative estimate of drug-likeness (QED) is 0.553. The van der Waals surface area contributed by atoms with Crippen LogP contribution in [0.3, 0.4) is 0 Å². The van der Waals surface area contributed by atoms with E-state index in [4.69, 9.17) is 5.84 Å². The monoisotopic (exact) mass is 271 g/mol. The lowest BCUT2D eigenvalue weighted by atomic mass is 10.1. The molecule has 3 N–H and O–H groups in total. The van der Waals surface area contributed by atoms with Gasteiger partial charge < -0.3 is 5.43 Å². The van der Waals surface area contributed by atoms with Crippen LogP contribution in [-0.4, -0.2) is 4.98 Å². The summed E-state index contributed by atoms with van der Waals surface area (Å²) in [5.74, 6) is 5.59. The van der Waals surface area contributed by atoms with Crippen LogP contribution in [0.2, 0.25) is 0 Å². The molecule has 3 aromatic rings. The number of benzene rings is 2. The van der Waals surface area contributed by atoms with Gasteiger partial charge in [-0.2, -0.15) is 0 Å². The second kappa shape index (κ2) is 5.69. The Morgan fingerprint density at radius 1 is 0.895 bits per heavy atom. The van der Waals surface area contributed by atoms with E-state index in [9.17, 15) is 0 Å². The summed E-state index contributed by atoms with van der Waals surface area (Å²) in [4.78, 5) is 4.66. The number of fused-ring (bicyclic) bond motifs is 1. The van der Waals surface area contributed by atoms with Gasteiger partial charge in [0, 0.05) is 10.9 Å². The number of hydrogen-bond donors (Lipinski definition) is 2. The smallest absolute Gasteiger partial charge is 0.0730 e. The first-order valence-electron chi connectivity index (χ1n) is 5.80. The Hall–Kier alpha value is -2.10. The van der Waals surface area contributed by atoms with Gasteiger partial charge in [0.05, 0.1) is 16.9 Å². The molecule has 0 bridgehead atoms. The largest absolute Gasteiger partial charge is 0.323 e. The number of para-hydroxylation sites is 1. The molecule has 0 aliphatic carbocycles. The van der Waals surface area contributed by atoms with Crippen LogP contribution in [0.25, 0.3) is 22.2 Å². The number of halogens is 1. The maximum atomic E-state index is 5.59. The minimum atomic E-state index is 0. The number of hydrazine groups is 1. The maximum Gasteiger partial charge on any atom is 0.0730 e. The average Bonchev–Trinajstić information content (AvgIpc) is 2.47. The summed E-state index contributed by atoms with van der Waals surface area (Å²) in [7, 11) is 0. The Bertz CT molecular complexity index is 683. The number of nitrogens with one attached hydrogen (secondary N) is 1. The van der Waals surface area contributed by atoms with Crippen molar-refractivity contribution in [1.82, 2.24) is 4.98 Å². The number of hydrogen-bond acceptors (Lipinski definition) is 3. The van der Waals surface area contributed by atoms with Crippen LogP contribution < -0.4 is 11.3 Å². The van der Waals surface area contributed by atoms with Crippen molar-refractivity contribution in [1.29, 1.82) is 0 Å². The second-order valence-electron chi connectivity index (χ2n) is 4.08. The molecule has 0 fully saturated rings. The SMILES string of the molecule is Cl.NNc1cc(-c2ccccc2)nc2ccccc12. The molecule has 4 heteroatoms. The molecule has 0 saturated carbocycles. The van der Waals surface area contributed by atoms with Gasteiger partial charge in [-0.25, -0.2) is 4.98 Å². The number of rotatable bonds is 2. The Labute approximate surface area is 117 Å². The number of aromatic nitrogens is 1. The van der Waals surface area contributed by atoms with Gasteiger partial charge in [-0.15, -0.1) is 12.4 Å². The van der Waals surface area contributed by atoms with Gasteiger partial charge in [-0.3, -0.25) is 5.84 Å². The van der Waals surface area contributed by atoms with E-state index in [1.807, 2.05) is 60.7 Å². The van der Waals surface area contributed by atoms with E-state index in [0.717, 1.165) is 27.8 Å². The van der Waals surface area contributed by atoms with Crippen molar-refractivity contribution in [3.8, 4) is 11.3 Å². The van der Waals surface area contributed by atoms with Crippen LogP contribution in [-0.2, 0) is 0 Å². The summed E-state index contributed by atoms with van der Waals surface area (Å²) < 4.78 is 0. The standard InChI is InChI=1S/C15H13N3.ClH/c16-18-15-10-14(11-6-2-1-3-7-11)17-13-9-5-4-8-12(13)15;/h1-10H,16H2,(H,17,18);1H. The summed E-state index contributed by atoms with van der Waals surface area (Å²) in [5, 5.41) is 1.03. The molecule has 19 heavy (non-hydrogen) atoms. The molecule has 0 spiro atoms. The molecule has 1 aromatic heterocycles. The topological polar surface area (TPSA) is 50.9 Å². The fraction of sp³-hybridized carbons (Fsp3) is 0. The highest BCUT2D eigenvalue weighted by atomic mass is 35.5. The van der Waals surface area contributed by atoms with E-state index in [2.05, 4.69) is 10.4 Å². The first kappa shape index (κ1) is 13.3. The van der Waals surface area contributed by atoms with Crippen LogP contribution in [0.5, 0.6) is 0 Å². The van der Waals surface area contributed by atoms with Crippen molar-refractivity contribution in [3.63, 3.8) is 0 Å². The molecule has 3 rings (SSSR count). The molecule has 0 saturated heterocycles. The molecule has 0 amide bonds. The number of anilines is 1. The molecule has 0 unspecified atom stereocenters. The predicted molar refractivity (Wildman–Crippen MR) is 82.2 cm³/mol. The lowest BCUT2D eigenvalue weighted by Crippen LogP contribution is -2.07. The van der Waals surface area contributed by atoms with E-state index in [-0.39, 0.29) is 12.4 Å². The summed E-state index contributed by atoms with van der Waals surface area (Å²) in [5.41, 5.74) is 6.57. The molecular weight excluding hydrogens is 258 g/mol. The molecule has 0 aliphatic heterocycles. The Morgan fingerprint density at radius 2 is 1.58 bits per heavy atom. The average molecular weight is 272 g/mol. The van der Waals surface area contributed by atoms with Crippen molar-refractivity contribution in [2.24, 2.45) is 5.84 Å². The lowest BCUT2D eigenvalue weighted by Gasteiger charge is -2.08. The van der Waals surface area contributed by atoms with Gasteiger partial charge >= 0.3 is 0 Å².